The van der Waals surface area contributed by atoms with Crippen LogP contribution in [0.1, 0.15) is 30.1 Å². The molecule has 8 nitrogen and oxygen atoms in total. The Morgan fingerprint density at radius 2 is 1.96 bits per heavy atom. The number of carboxylic acid groups (broad SMARTS) is 1. The van der Waals surface area contributed by atoms with Crippen LogP contribution in [0.3, 0.4) is 0 Å². The van der Waals surface area contributed by atoms with Crippen molar-refractivity contribution >= 4 is 29.2 Å². The van der Waals surface area contributed by atoms with Crippen LogP contribution in [-0.2, 0) is 9.59 Å². The van der Waals surface area contributed by atoms with Gasteiger partial charge < -0.3 is 20.4 Å². The minimum absolute atomic E-state index is 0.0596. The van der Waals surface area contributed by atoms with E-state index < -0.39 is 17.8 Å². The number of benzene rings is 1. The van der Waals surface area contributed by atoms with Crippen LogP contribution in [0.25, 0.3) is 0 Å². The van der Waals surface area contributed by atoms with Crippen LogP contribution in [0.5, 0.6) is 0 Å². The number of carbonyl (C=O) groups is 3. The van der Waals surface area contributed by atoms with Gasteiger partial charge in [0.2, 0.25) is 0 Å². The van der Waals surface area contributed by atoms with Crippen molar-refractivity contribution in [3.05, 3.63) is 35.5 Å². The van der Waals surface area contributed by atoms with Crippen molar-refractivity contribution in [2.24, 2.45) is 5.92 Å². The van der Waals surface area contributed by atoms with E-state index in [1.165, 1.54) is 6.07 Å². The summed E-state index contributed by atoms with van der Waals surface area (Å²) in [5, 5.41) is 21.4. The zero-order valence-corrected chi connectivity index (χ0v) is 15.1. The molecule has 0 bridgehead atoms. The first-order valence-electron chi connectivity index (χ1n) is 8.98. The fraction of sp³-hybridized carbons (Fsp3) is 0.421. The van der Waals surface area contributed by atoms with Gasteiger partial charge in [0.1, 0.15) is 5.70 Å². The van der Waals surface area contributed by atoms with Gasteiger partial charge in [0.15, 0.2) is 0 Å². The molecule has 0 aromatic heterocycles. The van der Waals surface area contributed by atoms with Crippen molar-refractivity contribution in [1.29, 1.82) is 0 Å². The second-order valence-corrected chi connectivity index (χ2v) is 6.91. The largest absolute Gasteiger partial charge is 0.478 e. The Bertz CT molecular complexity index is 797. The number of piperidine rings is 1. The molecule has 0 atom stereocenters. The second-order valence-electron chi connectivity index (χ2n) is 6.91. The molecule has 2 heterocycles. The average molecular weight is 373 g/mol. The predicted molar refractivity (Wildman–Crippen MR) is 99.5 cm³/mol. The SMILES string of the molecule is CC1CCN(c2ccc(NC3=CC(=O)N(CCO)C3=O)cc2C(=O)O)CC1. The summed E-state index contributed by atoms with van der Waals surface area (Å²) in [6.45, 7) is 3.41. The van der Waals surface area contributed by atoms with Gasteiger partial charge in [-0.3, -0.25) is 14.5 Å². The smallest absolute Gasteiger partial charge is 0.337 e. The Balaban J connectivity index is 1.81. The molecular formula is C19H23N3O5. The lowest BCUT2D eigenvalue weighted by Gasteiger charge is -2.33. The first kappa shape index (κ1) is 18.9. The van der Waals surface area contributed by atoms with E-state index in [1.807, 2.05) is 0 Å². The quantitative estimate of drug-likeness (QED) is 0.644. The molecule has 2 aliphatic heterocycles. The first-order chi connectivity index (χ1) is 12.9. The number of nitrogens with one attached hydrogen (secondary N) is 1. The van der Waals surface area contributed by atoms with E-state index in [2.05, 4.69) is 17.1 Å². The number of aromatic carboxylic acids is 1. The van der Waals surface area contributed by atoms with Crippen molar-refractivity contribution in [3.63, 3.8) is 0 Å². The number of aliphatic hydroxyl groups is 1. The Morgan fingerprint density at radius 1 is 1.26 bits per heavy atom. The van der Waals surface area contributed by atoms with E-state index in [0.29, 0.717) is 17.3 Å². The number of imide groups is 1. The Kier molecular flexibility index (Phi) is 5.46. The number of β-amino-alcohol motifs (C(OH)–C–C–N with tert-alkyl or cyclic N) is 1. The van der Waals surface area contributed by atoms with Crippen LogP contribution in [0.15, 0.2) is 30.0 Å². The summed E-state index contributed by atoms with van der Waals surface area (Å²) in [7, 11) is 0. The van der Waals surface area contributed by atoms with Crippen LogP contribution < -0.4 is 10.2 Å². The second kappa shape index (κ2) is 7.79. The number of nitrogens with zero attached hydrogens (tertiary/aromatic N) is 2. The van der Waals surface area contributed by atoms with E-state index in [4.69, 9.17) is 5.11 Å². The lowest BCUT2D eigenvalue weighted by molar-refractivity contribution is -0.137. The molecule has 8 heteroatoms. The molecule has 1 saturated heterocycles. The number of hydrogen-bond donors (Lipinski definition) is 3. The molecule has 2 amide bonds. The van der Waals surface area contributed by atoms with Gasteiger partial charge >= 0.3 is 5.97 Å². The molecular weight excluding hydrogens is 350 g/mol. The highest BCUT2D eigenvalue weighted by Gasteiger charge is 2.31. The summed E-state index contributed by atoms with van der Waals surface area (Å²) < 4.78 is 0. The van der Waals surface area contributed by atoms with Crippen molar-refractivity contribution in [2.45, 2.75) is 19.8 Å². The van der Waals surface area contributed by atoms with Crippen LogP contribution in [0.2, 0.25) is 0 Å². The molecule has 0 aliphatic carbocycles. The Morgan fingerprint density at radius 3 is 2.59 bits per heavy atom. The summed E-state index contributed by atoms with van der Waals surface area (Å²) >= 11 is 0. The molecule has 1 aromatic carbocycles. The van der Waals surface area contributed by atoms with E-state index in [1.54, 1.807) is 12.1 Å². The molecule has 1 aromatic rings. The van der Waals surface area contributed by atoms with Crippen molar-refractivity contribution in [3.8, 4) is 0 Å². The van der Waals surface area contributed by atoms with E-state index in [-0.39, 0.29) is 24.4 Å². The maximum Gasteiger partial charge on any atom is 0.337 e. The Labute approximate surface area is 157 Å². The molecule has 0 radical (unpaired) electrons. The third kappa shape index (κ3) is 3.95. The van der Waals surface area contributed by atoms with Crippen molar-refractivity contribution < 1.29 is 24.6 Å². The average Bonchev–Trinajstić information content (AvgIpc) is 2.90. The fourth-order valence-corrected chi connectivity index (χ4v) is 3.38. The van der Waals surface area contributed by atoms with Crippen LogP contribution in [0.4, 0.5) is 11.4 Å². The number of anilines is 2. The zero-order chi connectivity index (χ0) is 19.6. The normalized spacial score (nSPS) is 18.1. The molecule has 3 rings (SSSR count). The summed E-state index contributed by atoms with van der Waals surface area (Å²) in [5.41, 5.74) is 1.29. The maximum absolute atomic E-state index is 12.2. The highest BCUT2D eigenvalue weighted by atomic mass is 16.4. The molecule has 0 saturated carbocycles. The van der Waals surface area contributed by atoms with Gasteiger partial charge in [0.05, 0.1) is 24.4 Å². The number of amides is 2. The van der Waals surface area contributed by atoms with E-state index in [9.17, 15) is 19.5 Å². The lowest BCUT2D eigenvalue weighted by atomic mass is 9.98. The van der Waals surface area contributed by atoms with Crippen molar-refractivity contribution in [1.82, 2.24) is 4.90 Å². The third-order valence-corrected chi connectivity index (χ3v) is 4.96. The van der Waals surface area contributed by atoms with Gasteiger partial charge in [-0.1, -0.05) is 6.92 Å². The van der Waals surface area contributed by atoms with Gasteiger partial charge in [0, 0.05) is 24.9 Å². The van der Waals surface area contributed by atoms with Crippen LogP contribution in [-0.4, -0.2) is 59.1 Å². The van der Waals surface area contributed by atoms with E-state index >= 15 is 0 Å². The molecule has 1 fully saturated rings. The monoisotopic (exact) mass is 373 g/mol. The van der Waals surface area contributed by atoms with Crippen molar-refractivity contribution in [2.75, 3.05) is 36.5 Å². The number of rotatable bonds is 6. The molecule has 0 spiro atoms. The van der Waals surface area contributed by atoms with Crippen LogP contribution in [0, 0.1) is 5.92 Å². The maximum atomic E-state index is 12.2. The summed E-state index contributed by atoms with van der Waals surface area (Å²) in [6.07, 6.45) is 3.19. The lowest BCUT2D eigenvalue weighted by Crippen LogP contribution is -2.34. The minimum Gasteiger partial charge on any atom is -0.478 e. The summed E-state index contributed by atoms with van der Waals surface area (Å²) in [6, 6.07) is 4.91. The van der Waals surface area contributed by atoms with Gasteiger partial charge in [-0.15, -0.1) is 0 Å². The predicted octanol–water partition coefficient (Wildman–Crippen LogP) is 1.28. The number of aliphatic hydroxyl groups excluding tert-OH is 1. The van der Waals surface area contributed by atoms with Gasteiger partial charge in [-0.2, -0.15) is 0 Å². The standard InChI is InChI=1S/C19H23N3O5/c1-12-4-6-21(7-5-12)16-3-2-13(10-14(16)19(26)27)20-15-11-17(24)22(8-9-23)18(15)25/h2-3,10-12,20,23H,4-9H2,1H3,(H,26,27). The number of carbonyl (C=O) groups excluding carboxylic acids is 2. The van der Waals surface area contributed by atoms with Gasteiger partial charge in [-0.05, 0) is 37.0 Å². The molecule has 3 N–H and O–H groups in total. The molecule has 144 valence electrons. The number of hydrogen-bond acceptors (Lipinski definition) is 6. The van der Waals surface area contributed by atoms with Gasteiger partial charge in [-0.25, -0.2) is 4.79 Å². The number of carboxylic acids is 1. The first-order valence-corrected chi connectivity index (χ1v) is 8.98. The van der Waals surface area contributed by atoms with Gasteiger partial charge in [0.25, 0.3) is 11.8 Å². The Hall–Kier alpha value is -2.87. The highest BCUT2D eigenvalue weighted by Crippen LogP contribution is 2.29. The summed E-state index contributed by atoms with van der Waals surface area (Å²) in [5.74, 6) is -1.46. The summed E-state index contributed by atoms with van der Waals surface area (Å²) in [4.78, 5) is 38.8. The topological polar surface area (TPSA) is 110 Å². The zero-order valence-electron chi connectivity index (χ0n) is 15.1. The molecule has 2 aliphatic rings. The molecule has 27 heavy (non-hydrogen) atoms. The van der Waals surface area contributed by atoms with Crippen LogP contribution >= 0.6 is 0 Å². The third-order valence-electron chi connectivity index (χ3n) is 4.96. The highest BCUT2D eigenvalue weighted by molar-refractivity contribution is 6.17. The minimum atomic E-state index is -1.04. The van der Waals surface area contributed by atoms with E-state index in [0.717, 1.165) is 36.9 Å². The molecule has 0 unspecified atom stereocenters. The fourth-order valence-electron chi connectivity index (χ4n) is 3.38.